The van der Waals surface area contributed by atoms with Gasteiger partial charge in [0.1, 0.15) is 0 Å². The van der Waals surface area contributed by atoms with Crippen LogP contribution in [0.3, 0.4) is 0 Å². The highest BCUT2D eigenvalue weighted by Gasteiger charge is 2.23. The predicted octanol–water partition coefficient (Wildman–Crippen LogP) is 4.12. The van der Waals surface area contributed by atoms with Crippen LogP contribution in [0.4, 0.5) is 0 Å². The van der Waals surface area contributed by atoms with E-state index < -0.39 is 10.0 Å². The first-order valence-corrected chi connectivity index (χ1v) is 13.6. The van der Waals surface area contributed by atoms with Crippen LogP contribution in [0.2, 0.25) is 0 Å². The van der Waals surface area contributed by atoms with E-state index in [2.05, 4.69) is 10.3 Å². The molecule has 0 saturated heterocycles. The summed E-state index contributed by atoms with van der Waals surface area (Å²) in [7, 11) is -3.55. The molecule has 0 radical (unpaired) electrons. The Balaban J connectivity index is 1.79. The number of rotatable bonds is 10. The summed E-state index contributed by atoms with van der Waals surface area (Å²) in [6.45, 7) is 9.13. The highest BCUT2D eigenvalue weighted by molar-refractivity contribution is 7.99. The zero-order valence-electron chi connectivity index (χ0n) is 18.2. The number of aryl methyl sites for hydroxylation is 1. The van der Waals surface area contributed by atoms with Crippen molar-refractivity contribution in [3.8, 4) is 0 Å². The number of thioether (sulfide) groups is 1. The van der Waals surface area contributed by atoms with E-state index in [1.54, 1.807) is 29.5 Å². The minimum atomic E-state index is -3.55. The fourth-order valence-electron chi connectivity index (χ4n) is 3.40. The van der Waals surface area contributed by atoms with Crippen molar-refractivity contribution in [3.05, 3.63) is 40.6 Å². The van der Waals surface area contributed by atoms with E-state index in [0.717, 1.165) is 10.4 Å². The molecule has 10 heteroatoms. The van der Waals surface area contributed by atoms with Crippen molar-refractivity contribution in [1.82, 2.24) is 19.2 Å². The molecule has 3 rings (SSSR count). The minimum absolute atomic E-state index is 0.0362. The summed E-state index contributed by atoms with van der Waals surface area (Å²) in [6.07, 6.45) is 0. The van der Waals surface area contributed by atoms with Gasteiger partial charge in [0, 0.05) is 24.5 Å². The van der Waals surface area contributed by atoms with E-state index in [4.69, 9.17) is 0 Å². The Morgan fingerprint density at radius 3 is 2.61 bits per heavy atom. The molecule has 1 amide bonds. The molecule has 1 aromatic carbocycles. The maximum absolute atomic E-state index is 12.8. The Kier molecular flexibility index (Phi) is 7.79. The number of thiophene rings is 1. The lowest BCUT2D eigenvalue weighted by Crippen LogP contribution is -2.30. The predicted molar refractivity (Wildman–Crippen MR) is 127 cm³/mol. The van der Waals surface area contributed by atoms with Crippen LogP contribution < -0.4 is 5.32 Å². The van der Waals surface area contributed by atoms with Gasteiger partial charge >= 0.3 is 0 Å². The normalized spacial score (nSPS) is 13.1. The van der Waals surface area contributed by atoms with Gasteiger partial charge in [-0.15, -0.1) is 11.3 Å². The van der Waals surface area contributed by atoms with Crippen molar-refractivity contribution < 1.29 is 13.2 Å². The smallest absolute Gasteiger partial charge is 0.243 e. The van der Waals surface area contributed by atoms with Crippen LogP contribution in [0.25, 0.3) is 11.0 Å². The third kappa shape index (κ3) is 5.14. The first-order valence-electron chi connectivity index (χ1n) is 10.3. The third-order valence-electron chi connectivity index (χ3n) is 5.02. The number of hydrogen-bond acceptors (Lipinski definition) is 6. The van der Waals surface area contributed by atoms with Gasteiger partial charge in [0.15, 0.2) is 5.16 Å². The van der Waals surface area contributed by atoms with Crippen molar-refractivity contribution in [1.29, 1.82) is 0 Å². The largest absolute Gasteiger partial charge is 0.348 e. The molecule has 168 valence electrons. The lowest BCUT2D eigenvalue weighted by Gasteiger charge is -2.18. The number of carbonyl (C=O) groups is 1. The molecule has 1 N–H and O–H groups in total. The highest BCUT2D eigenvalue weighted by atomic mass is 32.2. The molecule has 1 atom stereocenters. The molecule has 1 unspecified atom stereocenters. The van der Waals surface area contributed by atoms with Gasteiger partial charge < -0.3 is 9.88 Å². The van der Waals surface area contributed by atoms with Gasteiger partial charge in [0.05, 0.1) is 27.7 Å². The minimum Gasteiger partial charge on any atom is -0.348 e. The number of nitrogens with zero attached hydrogens (tertiary/aromatic N) is 3. The molecule has 2 aromatic heterocycles. The Hall–Kier alpha value is -1.88. The van der Waals surface area contributed by atoms with E-state index in [1.807, 2.05) is 49.8 Å². The van der Waals surface area contributed by atoms with Crippen LogP contribution in [0, 0.1) is 0 Å². The van der Waals surface area contributed by atoms with Gasteiger partial charge in [-0.3, -0.25) is 4.79 Å². The van der Waals surface area contributed by atoms with Gasteiger partial charge in [-0.2, -0.15) is 4.31 Å². The van der Waals surface area contributed by atoms with Crippen molar-refractivity contribution in [2.24, 2.45) is 0 Å². The molecule has 31 heavy (non-hydrogen) atoms. The van der Waals surface area contributed by atoms with Gasteiger partial charge in [-0.25, -0.2) is 13.4 Å². The lowest BCUT2D eigenvalue weighted by molar-refractivity contribution is -0.119. The molecule has 7 nitrogen and oxygen atoms in total. The first-order chi connectivity index (χ1) is 14.8. The van der Waals surface area contributed by atoms with Gasteiger partial charge in [0.25, 0.3) is 0 Å². The van der Waals surface area contributed by atoms with Crippen LogP contribution in [0.5, 0.6) is 0 Å². The van der Waals surface area contributed by atoms with Gasteiger partial charge in [0.2, 0.25) is 15.9 Å². The topological polar surface area (TPSA) is 84.3 Å². The Bertz CT molecular complexity index is 1140. The number of imidazole rings is 1. The number of nitrogens with one attached hydrogen (secondary N) is 1. The van der Waals surface area contributed by atoms with Crippen molar-refractivity contribution in [2.75, 3.05) is 18.8 Å². The number of fused-ring (bicyclic) bond motifs is 1. The standard InChI is InChI=1S/C21H28N4O3S3/c1-5-24(6-2)31(27,28)16-10-11-18-17(13-16)23-21(25(18)7-3)30-14-20(26)22-15(4)19-9-8-12-29-19/h8-13,15H,5-7,14H2,1-4H3,(H,22,26). The zero-order chi connectivity index (χ0) is 22.6. The third-order valence-corrected chi connectivity index (χ3v) is 9.10. The molecule has 3 aromatic rings. The van der Waals surface area contributed by atoms with Gasteiger partial charge in [-0.1, -0.05) is 31.7 Å². The molecule has 0 fully saturated rings. The number of aromatic nitrogens is 2. The molecular formula is C21H28N4O3S3. The van der Waals surface area contributed by atoms with E-state index in [-0.39, 0.29) is 22.6 Å². The average Bonchev–Trinajstić information content (AvgIpc) is 3.40. The van der Waals surface area contributed by atoms with Crippen LogP contribution >= 0.6 is 23.1 Å². The molecule has 0 aliphatic rings. The van der Waals surface area contributed by atoms with Crippen molar-refractivity contribution in [3.63, 3.8) is 0 Å². The Morgan fingerprint density at radius 2 is 2.00 bits per heavy atom. The van der Waals surface area contributed by atoms with E-state index in [0.29, 0.717) is 30.3 Å². The number of hydrogen-bond donors (Lipinski definition) is 1. The van der Waals surface area contributed by atoms with E-state index in [9.17, 15) is 13.2 Å². The number of benzene rings is 1. The second kappa shape index (κ2) is 10.2. The van der Waals surface area contributed by atoms with E-state index >= 15 is 0 Å². The highest BCUT2D eigenvalue weighted by Crippen LogP contribution is 2.27. The Labute approximate surface area is 191 Å². The molecule has 0 saturated carbocycles. The van der Waals surface area contributed by atoms with Crippen molar-refractivity contribution >= 4 is 50.1 Å². The van der Waals surface area contributed by atoms with Crippen LogP contribution in [0.1, 0.15) is 38.6 Å². The maximum Gasteiger partial charge on any atom is 0.243 e. The SMILES string of the molecule is CCN(CC)S(=O)(=O)c1ccc2c(c1)nc(SCC(=O)NC(C)c1cccs1)n2CC. The second-order valence-electron chi connectivity index (χ2n) is 6.97. The molecule has 0 aliphatic carbocycles. The summed E-state index contributed by atoms with van der Waals surface area (Å²) in [5.41, 5.74) is 1.47. The average molecular weight is 481 g/mol. The maximum atomic E-state index is 12.8. The monoisotopic (exact) mass is 480 g/mol. The quantitative estimate of drug-likeness (QED) is 0.441. The zero-order valence-corrected chi connectivity index (χ0v) is 20.6. The molecular weight excluding hydrogens is 452 g/mol. The number of carbonyl (C=O) groups excluding carboxylic acids is 1. The summed E-state index contributed by atoms with van der Waals surface area (Å²) < 4.78 is 29.1. The van der Waals surface area contributed by atoms with Crippen LogP contribution in [0.15, 0.2) is 45.8 Å². The summed E-state index contributed by atoms with van der Waals surface area (Å²) >= 11 is 2.97. The summed E-state index contributed by atoms with van der Waals surface area (Å²) in [5, 5.41) is 5.70. The summed E-state index contributed by atoms with van der Waals surface area (Å²) in [5.74, 6) is 0.175. The Morgan fingerprint density at radius 1 is 1.26 bits per heavy atom. The summed E-state index contributed by atoms with van der Waals surface area (Å²) in [4.78, 5) is 18.4. The molecule has 0 spiro atoms. The fraction of sp³-hybridized carbons (Fsp3) is 0.429. The van der Waals surface area contributed by atoms with Crippen LogP contribution in [-0.4, -0.2) is 47.0 Å². The first kappa shape index (κ1) is 23.8. The second-order valence-corrected chi connectivity index (χ2v) is 10.8. The lowest BCUT2D eigenvalue weighted by atomic mass is 10.3. The molecule has 0 aliphatic heterocycles. The molecule has 2 heterocycles. The van der Waals surface area contributed by atoms with Crippen LogP contribution in [-0.2, 0) is 21.4 Å². The summed E-state index contributed by atoms with van der Waals surface area (Å²) in [6, 6.07) is 8.99. The van der Waals surface area contributed by atoms with Crippen molar-refractivity contribution in [2.45, 2.75) is 50.3 Å². The van der Waals surface area contributed by atoms with E-state index in [1.165, 1.54) is 16.1 Å². The van der Waals surface area contributed by atoms with Gasteiger partial charge in [-0.05, 0) is 43.5 Å². The fourth-order valence-corrected chi connectivity index (χ4v) is 6.50. The number of amides is 1. The number of sulfonamides is 1. The molecule has 0 bridgehead atoms.